The molecule has 1 fully saturated rings. The third-order valence-electron chi connectivity index (χ3n) is 7.96. The molecule has 1 heterocycles. The molecule has 1 aromatic carbocycles. The highest BCUT2D eigenvalue weighted by Crippen LogP contribution is 2.24. The van der Waals surface area contributed by atoms with Crippen molar-refractivity contribution < 1.29 is 57.7 Å². The van der Waals surface area contributed by atoms with E-state index in [-0.39, 0.29) is 45.1 Å². The molecule has 18 nitrogen and oxygen atoms in total. The standard InChI is InChI=1S/C35H52N6O12/c1-6-10-24(30(45)33(48)37-14-27(42)38-25(31(36)46)18-51-17-22-11-8-7-9-12-22)39-32(47)26-13-23(52-19-28(43)44)15-41(26)34(49)29(21(4)5)40-35(50)53-16-20(2)3/h7-9,11-12,20-21,23-26,29H,6,10,13-19H2,1-5H3,(H2,36,46)(H,37,48)(H,38,42)(H,39,47)(H,40,50)(H,43,44)/t23-,24?,25?,26+,29?/m1/s1. The molecule has 0 spiro atoms. The normalized spacial score (nSPS) is 17.0. The summed E-state index contributed by atoms with van der Waals surface area (Å²) in [5, 5.41) is 18.7. The van der Waals surface area contributed by atoms with Gasteiger partial charge < -0.3 is 51.2 Å². The van der Waals surface area contributed by atoms with Crippen molar-refractivity contribution in [1.29, 1.82) is 0 Å². The maximum Gasteiger partial charge on any atom is 0.407 e. The number of ether oxygens (including phenoxy) is 3. The molecule has 0 aromatic heterocycles. The van der Waals surface area contributed by atoms with E-state index >= 15 is 0 Å². The van der Waals surface area contributed by atoms with Crippen LogP contribution in [0.3, 0.4) is 0 Å². The van der Waals surface area contributed by atoms with Crippen LogP contribution >= 0.6 is 0 Å². The predicted molar refractivity (Wildman–Crippen MR) is 188 cm³/mol. The number of carboxylic acid groups (broad SMARTS) is 1. The first-order chi connectivity index (χ1) is 25.0. The summed E-state index contributed by atoms with van der Waals surface area (Å²) in [6.45, 7) is 7.17. The second-order valence-corrected chi connectivity index (χ2v) is 13.3. The number of primary amides is 1. The van der Waals surface area contributed by atoms with Gasteiger partial charge in [0.25, 0.3) is 5.91 Å². The van der Waals surface area contributed by atoms with E-state index in [9.17, 15) is 38.4 Å². The van der Waals surface area contributed by atoms with Crippen LogP contribution < -0.4 is 27.0 Å². The van der Waals surface area contributed by atoms with Gasteiger partial charge in [0.15, 0.2) is 0 Å². The number of likely N-dealkylation sites (tertiary alicyclic amines) is 1. The van der Waals surface area contributed by atoms with Crippen molar-refractivity contribution in [2.75, 3.05) is 32.9 Å². The highest BCUT2D eigenvalue weighted by atomic mass is 16.5. The molecule has 7 N–H and O–H groups in total. The third-order valence-corrected chi connectivity index (χ3v) is 7.96. The molecule has 6 amide bonds. The molecule has 53 heavy (non-hydrogen) atoms. The second-order valence-electron chi connectivity index (χ2n) is 13.3. The van der Waals surface area contributed by atoms with Crippen LogP contribution in [-0.2, 0) is 54.4 Å². The number of nitrogens with two attached hydrogens (primary N) is 1. The Morgan fingerprint density at radius 2 is 1.62 bits per heavy atom. The Balaban J connectivity index is 2.10. The highest BCUT2D eigenvalue weighted by molar-refractivity contribution is 6.38. The topological polar surface area (TPSA) is 262 Å². The van der Waals surface area contributed by atoms with Crippen molar-refractivity contribution in [1.82, 2.24) is 26.2 Å². The molecule has 18 heteroatoms. The van der Waals surface area contributed by atoms with Crippen molar-refractivity contribution >= 4 is 47.4 Å². The van der Waals surface area contributed by atoms with Gasteiger partial charge in [0.05, 0.1) is 38.5 Å². The highest BCUT2D eigenvalue weighted by Gasteiger charge is 2.44. The number of amides is 6. The molecule has 1 aliphatic rings. The van der Waals surface area contributed by atoms with Gasteiger partial charge in [-0.2, -0.15) is 0 Å². The van der Waals surface area contributed by atoms with E-state index in [1.165, 1.54) is 0 Å². The van der Waals surface area contributed by atoms with Crippen LogP contribution in [0.2, 0.25) is 0 Å². The van der Waals surface area contributed by atoms with Gasteiger partial charge in [-0.25, -0.2) is 9.59 Å². The van der Waals surface area contributed by atoms with Crippen LogP contribution in [0.4, 0.5) is 4.79 Å². The van der Waals surface area contributed by atoms with Gasteiger partial charge in [0.2, 0.25) is 29.4 Å². The molecule has 1 saturated heterocycles. The van der Waals surface area contributed by atoms with E-state index in [4.69, 9.17) is 25.1 Å². The Labute approximate surface area is 308 Å². The van der Waals surface area contributed by atoms with E-state index in [2.05, 4.69) is 21.3 Å². The lowest BCUT2D eigenvalue weighted by molar-refractivity contribution is -0.144. The van der Waals surface area contributed by atoms with Crippen LogP contribution in [0.1, 0.15) is 59.4 Å². The van der Waals surface area contributed by atoms with Crippen LogP contribution in [-0.4, -0.2) is 121 Å². The Hall–Kier alpha value is -5.10. The second kappa shape index (κ2) is 22.1. The fourth-order valence-electron chi connectivity index (χ4n) is 5.24. The molecule has 5 atom stereocenters. The molecule has 0 bridgehead atoms. The molecule has 0 aliphatic carbocycles. The quantitative estimate of drug-likeness (QED) is 0.0830. The minimum Gasteiger partial charge on any atom is -0.480 e. The predicted octanol–water partition coefficient (Wildman–Crippen LogP) is -0.379. The number of hydrogen-bond donors (Lipinski definition) is 6. The van der Waals surface area contributed by atoms with Gasteiger partial charge in [0.1, 0.15) is 24.7 Å². The van der Waals surface area contributed by atoms with Gasteiger partial charge >= 0.3 is 12.1 Å². The number of carbonyl (C=O) groups is 8. The number of Topliss-reactive ketones (excluding diaryl/α,β-unsaturated/α-hetero) is 1. The molecule has 1 aromatic rings. The van der Waals surface area contributed by atoms with Crippen LogP contribution in [0.15, 0.2) is 30.3 Å². The summed E-state index contributed by atoms with van der Waals surface area (Å²) < 4.78 is 16.0. The summed E-state index contributed by atoms with van der Waals surface area (Å²) in [6.07, 6.45) is -1.47. The molecule has 0 radical (unpaired) electrons. The Morgan fingerprint density at radius 1 is 0.943 bits per heavy atom. The summed E-state index contributed by atoms with van der Waals surface area (Å²) >= 11 is 0. The average molecular weight is 749 g/mol. The molecular weight excluding hydrogens is 696 g/mol. The van der Waals surface area contributed by atoms with Gasteiger partial charge in [-0.05, 0) is 23.8 Å². The van der Waals surface area contributed by atoms with Crippen molar-refractivity contribution in [3.63, 3.8) is 0 Å². The molecule has 2 rings (SSSR count). The molecule has 0 saturated carbocycles. The SMILES string of the molecule is CCCC(NC(=O)[C@@H]1C[C@@H](OCC(=O)O)CN1C(=O)C(NC(=O)OCC(C)C)C(C)C)C(=O)C(=O)NCC(=O)NC(COCc1ccccc1)C(N)=O. The lowest BCUT2D eigenvalue weighted by Crippen LogP contribution is -2.57. The smallest absolute Gasteiger partial charge is 0.407 e. The van der Waals surface area contributed by atoms with Gasteiger partial charge in [-0.1, -0.05) is 71.4 Å². The number of carboxylic acids is 1. The third kappa shape index (κ3) is 15.2. The molecule has 1 aliphatic heterocycles. The number of aliphatic carboxylic acids is 1. The summed E-state index contributed by atoms with van der Waals surface area (Å²) in [6, 6.07) is 4.10. The first-order valence-electron chi connectivity index (χ1n) is 17.4. The zero-order chi connectivity index (χ0) is 39.7. The van der Waals surface area contributed by atoms with E-state index in [1.54, 1.807) is 20.8 Å². The van der Waals surface area contributed by atoms with Gasteiger partial charge in [0, 0.05) is 13.0 Å². The lowest BCUT2D eigenvalue weighted by Gasteiger charge is -2.31. The number of ketones is 1. The fourth-order valence-corrected chi connectivity index (χ4v) is 5.24. The maximum absolute atomic E-state index is 13.8. The number of nitrogens with one attached hydrogen (secondary N) is 4. The Kier molecular flexibility index (Phi) is 18.4. The van der Waals surface area contributed by atoms with E-state index in [0.29, 0.717) is 6.42 Å². The van der Waals surface area contributed by atoms with Gasteiger partial charge in [-0.15, -0.1) is 0 Å². The molecular formula is C35H52N6O12. The lowest BCUT2D eigenvalue weighted by atomic mass is 10.0. The van der Waals surface area contributed by atoms with Crippen LogP contribution in [0, 0.1) is 11.8 Å². The Morgan fingerprint density at radius 3 is 2.21 bits per heavy atom. The zero-order valence-corrected chi connectivity index (χ0v) is 30.8. The zero-order valence-electron chi connectivity index (χ0n) is 30.8. The van der Waals surface area contributed by atoms with E-state index in [0.717, 1.165) is 10.5 Å². The number of hydrogen-bond acceptors (Lipinski definition) is 11. The van der Waals surface area contributed by atoms with Crippen molar-refractivity contribution in [2.45, 2.75) is 90.8 Å². The number of benzene rings is 1. The fraction of sp³-hybridized carbons (Fsp3) is 0.600. The van der Waals surface area contributed by atoms with Crippen molar-refractivity contribution in [3.05, 3.63) is 35.9 Å². The first kappa shape index (κ1) is 44.1. The molecule has 3 unspecified atom stereocenters. The van der Waals surface area contributed by atoms with Crippen molar-refractivity contribution in [3.8, 4) is 0 Å². The van der Waals surface area contributed by atoms with E-state index < -0.39 is 96.7 Å². The van der Waals surface area contributed by atoms with Crippen LogP contribution in [0.5, 0.6) is 0 Å². The summed E-state index contributed by atoms with van der Waals surface area (Å²) in [5.41, 5.74) is 6.21. The maximum atomic E-state index is 13.8. The largest absolute Gasteiger partial charge is 0.480 e. The van der Waals surface area contributed by atoms with Crippen molar-refractivity contribution in [2.24, 2.45) is 17.6 Å². The number of carbonyl (C=O) groups excluding carboxylic acids is 7. The minimum absolute atomic E-state index is 0.0180. The Bertz CT molecular complexity index is 1440. The van der Waals surface area contributed by atoms with E-state index in [1.807, 2.05) is 44.2 Å². The first-order valence-corrected chi connectivity index (χ1v) is 17.4. The monoisotopic (exact) mass is 748 g/mol. The average Bonchev–Trinajstić information content (AvgIpc) is 3.54. The summed E-state index contributed by atoms with van der Waals surface area (Å²) in [5.74, 6) is -7.13. The van der Waals surface area contributed by atoms with Crippen LogP contribution in [0.25, 0.3) is 0 Å². The minimum atomic E-state index is -1.36. The number of nitrogens with zero attached hydrogens (tertiary/aromatic N) is 1. The number of rotatable bonds is 22. The summed E-state index contributed by atoms with van der Waals surface area (Å²) in [4.78, 5) is 103. The van der Waals surface area contributed by atoms with Gasteiger partial charge in [-0.3, -0.25) is 28.8 Å². The molecule has 294 valence electrons. The summed E-state index contributed by atoms with van der Waals surface area (Å²) in [7, 11) is 0. The number of alkyl carbamates (subject to hydrolysis) is 1.